The molecule has 0 bridgehead atoms. The van der Waals surface area contributed by atoms with Crippen LogP contribution in [0.4, 0.5) is 0 Å². The van der Waals surface area contributed by atoms with Crippen LogP contribution in [0.3, 0.4) is 0 Å². The minimum Gasteiger partial charge on any atom is -0.481 e. The Bertz CT molecular complexity index is 518. The molecule has 1 saturated heterocycles. The SMILES string of the molecule is Cc1cccc(CSCC(=O)N2CCCC(C(=O)O)C2)c1. The van der Waals surface area contributed by atoms with E-state index in [0.29, 0.717) is 25.3 Å². The number of thioether (sulfide) groups is 1. The predicted octanol–water partition coefficient (Wildman–Crippen LogP) is 2.55. The van der Waals surface area contributed by atoms with Crippen molar-refractivity contribution in [3.8, 4) is 0 Å². The van der Waals surface area contributed by atoms with Crippen LogP contribution >= 0.6 is 11.8 Å². The number of aryl methyl sites for hydroxylation is 1. The molecular formula is C16H21NO3S. The van der Waals surface area contributed by atoms with E-state index < -0.39 is 11.9 Å². The summed E-state index contributed by atoms with van der Waals surface area (Å²) < 4.78 is 0. The van der Waals surface area contributed by atoms with Crippen molar-refractivity contribution >= 4 is 23.6 Å². The summed E-state index contributed by atoms with van der Waals surface area (Å²) in [5, 5.41) is 9.05. The Morgan fingerprint density at radius 3 is 2.95 bits per heavy atom. The number of rotatable bonds is 5. The zero-order valence-corrected chi connectivity index (χ0v) is 13.1. The van der Waals surface area contributed by atoms with E-state index in [1.807, 2.05) is 6.07 Å². The number of aliphatic carboxylic acids is 1. The van der Waals surface area contributed by atoms with Crippen molar-refractivity contribution in [1.82, 2.24) is 4.90 Å². The zero-order valence-electron chi connectivity index (χ0n) is 12.2. The van der Waals surface area contributed by atoms with E-state index >= 15 is 0 Å². The monoisotopic (exact) mass is 307 g/mol. The first kappa shape index (κ1) is 15.9. The molecule has 0 spiro atoms. The van der Waals surface area contributed by atoms with Crippen LogP contribution in [0.2, 0.25) is 0 Å². The van der Waals surface area contributed by atoms with Crippen LogP contribution in [-0.2, 0) is 15.3 Å². The highest BCUT2D eigenvalue weighted by molar-refractivity contribution is 7.99. The molecule has 1 amide bonds. The Kier molecular flexibility index (Phi) is 5.67. The van der Waals surface area contributed by atoms with Crippen molar-refractivity contribution < 1.29 is 14.7 Å². The normalized spacial score (nSPS) is 18.5. The third-order valence-corrected chi connectivity index (χ3v) is 4.69. The van der Waals surface area contributed by atoms with Crippen molar-refractivity contribution in [3.05, 3.63) is 35.4 Å². The standard InChI is InChI=1S/C16H21NO3S/c1-12-4-2-5-13(8-12)10-21-11-15(18)17-7-3-6-14(9-17)16(19)20/h2,4-5,8,14H,3,6-7,9-11H2,1H3,(H,19,20). The van der Waals surface area contributed by atoms with Gasteiger partial charge in [0, 0.05) is 18.8 Å². The summed E-state index contributed by atoms with van der Waals surface area (Å²) in [6.07, 6.45) is 1.46. The van der Waals surface area contributed by atoms with Gasteiger partial charge in [-0.3, -0.25) is 9.59 Å². The largest absolute Gasteiger partial charge is 0.481 e. The number of carboxylic acid groups (broad SMARTS) is 1. The quantitative estimate of drug-likeness (QED) is 0.908. The van der Waals surface area contributed by atoms with Crippen molar-refractivity contribution in [2.75, 3.05) is 18.8 Å². The molecule has 0 aromatic heterocycles. The minimum absolute atomic E-state index is 0.0543. The molecule has 1 unspecified atom stereocenters. The van der Waals surface area contributed by atoms with Gasteiger partial charge in [-0.2, -0.15) is 0 Å². The zero-order chi connectivity index (χ0) is 15.2. The minimum atomic E-state index is -0.792. The first-order chi connectivity index (χ1) is 10.1. The maximum Gasteiger partial charge on any atom is 0.308 e. The van der Waals surface area contributed by atoms with Crippen molar-refractivity contribution in [2.45, 2.75) is 25.5 Å². The van der Waals surface area contributed by atoms with Crippen LogP contribution in [0.1, 0.15) is 24.0 Å². The Balaban J connectivity index is 1.78. The Morgan fingerprint density at radius 2 is 2.24 bits per heavy atom. The lowest BCUT2D eigenvalue weighted by Gasteiger charge is -2.30. The van der Waals surface area contributed by atoms with Gasteiger partial charge >= 0.3 is 5.97 Å². The lowest BCUT2D eigenvalue weighted by atomic mass is 9.98. The molecule has 0 radical (unpaired) electrons. The van der Waals surface area contributed by atoms with Crippen molar-refractivity contribution in [3.63, 3.8) is 0 Å². The fraction of sp³-hybridized carbons (Fsp3) is 0.500. The number of carboxylic acids is 1. The van der Waals surface area contributed by atoms with Crippen LogP contribution in [0.25, 0.3) is 0 Å². The number of nitrogens with zero attached hydrogens (tertiary/aromatic N) is 1. The van der Waals surface area contributed by atoms with Gasteiger partial charge in [-0.25, -0.2) is 0 Å². The molecule has 1 atom stereocenters. The van der Waals surface area contributed by atoms with Gasteiger partial charge in [0.25, 0.3) is 0 Å². The molecule has 1 aromatic rings. The lowest BCUT2D eigenvalue weighted by molar-refractivity contribution is -0.145. The van der Waals surface area contributed by atoms with Crippen molar-refractivity contribution in [2.24, 2.45) is 5.92 Å². The van der Waals surface area contributed by atoms with Gasteiger partial charge in [0.2, 0.25) is 5.91 Å². The van der Waals surface area contributed by atoms with Crippen LogP contribution < -0.4 is 0 Å². The average molecular weight is 307 g/mol. The maximum atomic E-state index is 12.1. The van der Waals surface area contributed by atoms with Crippen LogP contribution in [0, 0.1) is 12.8 Å². The second-order valence-electron chi connectivity index (χ2n) is 5.50. The molecule has 1 aliphatic heterocycles. The van der Waals surface area contributed by atoms with E-state index in [0.717, 1.165) is 12.2 Å². The van der Waals surface area contributed by atoms with E-state index in [-0.39, 0.29) is 5.91 Å². The molecule has 114 valence electrons. The molecule has 1 heterocycles. The summed E-state index contributed by atoms with van der Waals surface area (Å²) in [4.78, 5) is 24.8. The van der Waals surface area contributed by atoms with Gasteiger partial charge in [0.1, 0.15) is 0 Å². The van der Waals surface area contributed by atoms with E-state index in [9.17, 15) is 9.59 Å². The number of piperidine rings is 1. The van der Waals surface area contributed by atoms with Gasteiger partial charge in [-0.05, 0) is 25.3 Å². The molecule has 1 N–H and O–H groups in total. The van der Waals surface area contributed by atoms with Gasteiger partial charge in [0.15, 0.2) is 0 Å². The molecule has 0 aliphatic carbocycles. The summed E-state index contributed by atoms with van der Waals surface area (Å²) in [6, 6.07) is 8.26. The summed E-state index contributed by atoms with van der Waals surface area (Å²) in [5.41, 5.74) is 2.44. The number of carbonyl (C=O) groups excluding carboxylic acids is 1. The number of likely N-dealkylation sites (tertiary alicyclic amines) is 1. The molecule has 4 nitrogen and oxygen atoms in total. The van der Waals surface area contributed by atoms with E-state index in [4.69, 9.17) is 5.11 Å². The average Bonchev–Trinajstić information content (AvgIpc) is 2.47. The highest BCUT2D eigenvalue weighted by atomic mass is 32.2. The van der Waals surface area contributed by atoms with Gasteiger partial charge in [-0.15, -0.1) is 11.8 Å². The molecule has 21 heavy (non-hydrogen) atoms. The predicted molar refractivity (Wildman–Crippen MR) is 84.3 cm³/mol. The lowest BCUT2D eigenvalue weighted by Crippen LogP contribution is -2.43. The number of hydrogen-bond donors (Lipinski definition) is 1. The fourth-order valence-corrected chi connectivity index (χ4v) is 3.43. The second kappa shape index (κ2) is 7.50. The smallest absolute Gasteiger partial charge is 0.308 e. The van der Waals surface area contributed by atoms with Crippen LogP contribution in [0.15, 0.2) is 24.3 Å². The Hall–Kier alpha value is -1.49. The number of carbonyl (C=O) groups is 2. The van der Waals surface area contributed by atoms with Crippen LogP contribution in [0.5, 0.6) is 0 Å². The van der Waals surface area contributed by atoms with E-state index in [2.05, 4.69) is 25.1 Å². The summed E-state index contributed by atoms with van der Waals surface area (Å²) >= 11 is 1.59. The Morgan fingerprint density at radius 1 is 1.43 bits per heavy atom. The fourth-order valence-electron chi connectivity index (χ4n) is 2.55. The van der Waals surface area contributed by atoms with Gasteiger partial charge in [0.05, 0.1) is 11.7 Å². The molecule has 5 heteroatoms. The molecule has 1 aliphatic rings. The number of hydrogen-bond acceptors (Lipinski definition) is 3. The summed E-state index contributed by atoms with van der Waals surface area (Å²) in [6.45, 7) is 3.10. The third-order valence-electron chi connectivity index (χ3n) is 3.70. The number of benzene rings is 1. The second-order valence-corrected chi connectivity index (χ2v) is 6.48. The molecule has 0 saturated carbocycles. The molecular weight excluding hydrogens is 286 g/mol. The Labute approximate surface area is 129 Å². The van der Waals surface area contributed by atoms with E-state index in [1.165, 1.54) is 11.1 Å². The molecule has 2 rings (SSSR count). The highest BCUT2D eigenvalue weighted by Gasteiger charge is 2.27. The molecule has 1 fully saturated rings. The first-order valence-corrected chi connectivity index (χ1v) is 8.35. The summed E-state index contributed by atoms with van der Waals surface area (Å²) in [7, 11) is 0. The first-order valence-electron chi connectivity index (χ1n) is 7.20. The van der Waals surface area contributed by atoms with E-state index in [1.54, 1.807) is 16.7 Å². The number of amides is 1. The van der Waals surface area contributed by atoms with Crippen LogP contribution in [-0.4, -0.2) is 40.7 Å². The topological polar surface area (TPSA) is 57.6 Å². The van der Waals surface area contributed by atoms with Crippen molar-refractivity contribution in [1.29, 1.82) is 0 Å². The van der Waals surface area contributed by atoms with Gasteiger partial charge < -0.3 is 10.0 Å². The highest BCUT2D eigenvalue weighted by Crippen LogP contribution is 2.19. The maximum absolute atomic E-state index is 12.1. The summed E-state index contributed by atoms with van der Waals surface area (Å²) in [5.74, 6) is 0.0900. The van der Waals surface area contributed by atoms with Gasteiger partial charge in [-0.1, -0.05) is 29.8 Å². The molecule has 1 aromatic carbocycles. The third kappa shape index (κ3) is 4.77.